The van der Waals surface area contributed by atoms with Crippen molar-refractivity contribution >= 4 is 36.1 Å². The van der Waals surface area contributed by atoms with E-state index >= 15 is 0 Å². The van der Waals surface area contributed by atoms with Gasteiger partial charge in [-0.15, -0.1) is 0 Å². The van der Waals surface area contributed by atoms with Crippen LogP contribution in [0.5, 0.6) is 11.6 Å². The summed E-state index contributed by atoms with van der Waals surface area (Å²) in [5.74, 6) is -4.27. The number of carbonyl (C=O) groups is 6. The van der Waals surface area contributed by atoms with Gasteiger partial charge in [0.15, 0.2) is 0 Å². The molecule has 4 unspecified atom stereocenters. The Hall–Kier alpha value is -7.55. The van der Waals surface area contributed by atoms with Gasteiger partial charge in [-0.3, -0.25) is 9.80 Å². The van der Waals surface area contributed by atoms with E-state index < -0.39 is 60.2 Å². The number of nitrogens with zero attached hydrogens (tertiary/aromatic N) is 3. The molecule has 2 amide bonds. The van der Waals surface area contributed by atoms with Crippen molar-refractivity contribution in [3.8, 4) is 11.6 Å². The van der Waals surface area contributed by atoms with Gasteiger partial charge in [0, 0.05) is 12.3 Å². The SMILES string of the molecule is CC(C)CC(C(=O)OCc1ccccc1)N(C(=O)Oc1ccnc(OC(=O)N(C(CC(C)C)C(=O)OCc2ccccc2)C(CC(C)C)C(=O)OCc2ccccc2)c1)C(CC(C)C)C(=O)OCc1ccccc1. The number of carbonyl (C=O) groups excluding carboxylic acids is 6. The molecule has 0 bridgehead atoms. The first kappa shape index (κ1) is 57.4. The van der Waals surface area contributed by atoms with Crippen molar-refractivity contribution in [3.05, 3.63) is 162 Å². The number of hydrogen-bond donors (Lipinski definition) is 0. The molecule has 0 spiro atoms. The van der Waals surface area contributed by atoms with Crippen molar-refractivity contribution in [2.24, 2.45) is 23.7 Å². The topological polar surface area (TPSA) is 177 Å². The maximum Gasteiger partial charge on any atom is 0.418 e. The molecule has 0 aliphatic carbocycles. The van der Waals surface area contributed by atoms with Crippen molar-refractivity contribution in [3.63, 3.8) is 0 Å². The van der Waals surface area contributed by atoms with Gasteiger partial charge in [-0.1, -0.05) is 177 Å². The lowest BCUT2D eigenvalue weighted by Crippen LogP contribution is -2.56. The van der Waals surface area contributed by atoms with Crippen molar-refractivity contribution in [1.82, 2.24) is 14.8 Å². The molecule has 0 saturated carbocycles. The molecular weight excluding hydrogens is 943 g/mol. The predicted octanol–water partition coefficient (Wildman–Crippen LogP) is 11.3. The summed E-state index contributed by atoms with van der Waals surface area (Å²) in [5.41, 5.74) is 2.87. The highest BCUT2D eigenvalue weighted by Gasteiger charge is 2.44. The fraction of sp³-hybridized carbons (Fsp3) is 0.407. The number of aromatic nitrogens is 1. The molecule has 0 saturated heterocycles. The fourth-order valence-electron chi connectivity index (χ4n) is 8.13. The van der Waals surface area contributed by atoms with Crippen LogP contribution in [0.2, 0.25) is 0 Å². The molecule has 15 nitrogen and oxygen atoms in total. The predicted molar refractivity (Wildman–Crippen MR) is 278 cm³/mol. The third-order valence-electron chi connectivity index (χ3n) is 11.6. The number of rotatable bonds is 26. The van der Waals surface area contributed by atoms with E-state index in [1.165, 1.54) is 18.3 Å². The Morgan fingerprint density at radius 3 is 0.932 bits per heavy atom. The van der Waals surface area contributed by atoms with E-state index in [0.29, 0.717) is 11.1 Å². The molecule has 0 radical (unpaired) electrons. The first-order valence-corrected chi connectivity index (χ1v) is 25.3. The van der Waals surface area contributed by atoms with Gasteiger partial charge in [-0.2, -0.15) is 0 Å². The van der Waals surface area contributed by atoms with Gasteiger partial charge >= 0.3 is 36.1 Å². The number of amides is 2. The second-order valence-electron chi connectivity index (χ2n) is 19.8. The van der Waals surface area contributed by atoms with Crippen molar-refractivity contribution in [2.45, 2.75) is 132 Å². The molecule has 1 heterocycles. The zero-order valence-corrected chi connectivity index (χ0v) is 43.8. The summed E-state index contributed by atoms with van der Waals surface area (Å²) in [4.78, 5) is 93.3. The fourth-order valence-corrected chi connectivity index (χ4v) is 8.13. The largest absolute Gasteiger partial charge is 0.459 e. The molecular formula is C59H71N3O12. The Balaban J connectivity index is 1.51. The zero-order chi connectivity index (χ0) is 53.6. The molecule has 0 N–H and O–H groups in total. The van der Waals surface area contributed by atoms with Crippen LogP contribution in [-0.2, 0) is 64.6 Å². The van der Waals surface area contributed by atoms with Gasteiger partial charge in [0.25, 0.3) is 0 Å². The number of benzene rings is 4. The summed E-state index contributed by atoms with van der Waals surface area (Å²) in [6.07, 6.45) is -0.621. The molecule has 1 aromatic heterocycles. The van der Waals surface area contributed by atoms with Crippen LogP contribution in [0.25, 0.3) is 0 Å². The summed E-state index contributed by atoms with van der Waals surface area (Å²) in [7, 11) is 0. The molecule has 5 rings (SSSR count). The summed E-state index contributed by atoms with van der Waals surface area (Å²) in [5, 5.41) is 0. The van der Waals surface area contributed by atoms with Crippen LogP contribution >= 0.6 is 0 Å². The maximum absolute atomic E-state index is 14.9. The summed E-state index contributed by atoms with van der Waals surface area (Å²) in [6, 6.07) is 33.5. The van der Waals surface area contributed by atoms with Crippen LogP contribution in [0.3, 0.4) is 0 Å². The number of pyridine rings is 1. The molecule has 15 heteroatoms. The van der Waals surface area contributed by atoms with Crippen molar-refractivity contribution < 1.29 is 57.2 Å². The monoisotopic (exact) mass is 1010 g/mol. The lowest BCUT2D eigenvalue weighted by Gasteiger charge is -2.36. The number of esters is 4. The minimum Gasteiger partial charge on any atom is -0.459 e. The van der Waals surface area contributed by atoms with Crippen LogP contribution in [0.1, 0.15) is 103 Å². The maximum atomic E-state index is 14.9. The van der Waals surface area contributed by atoms with Crippen LogP contribution in [0.15, 0.2) is 140 Å². The van der Waals surface area contributed by atoms with E-state index in [-0.39, 0.29) is 87.4 Å². The zero-order valence-electron chi connectivity index (χ0n) is 43.8. The van der Waals surface area contributed by atoms with Crippen LogP contribution in [0.4, 0.5) is 9.59 Å². The van der Waals surface area contributed by atoms with Gasteiger partial charge in [0.05, 0.1) is 0 Å². The van der Waals surface area contributed by atoms with E-state index in [2.05, 4.69) is 4.98 Å². The third-order valence-corrected chi connectivity index (χ3v) is 11.6. The average molecular weight is 1010 g/mol. The highest BCUT2D eigenvalue weighted by Crippen LogP contribution is 2.29. The van der Waals surface area contributed by atoms with E-state index in [9.17, 15) is 28.8 Å². The molecule has 4 aromatic carbocycles. The Bertz CT molecular complexity index is 2230. The summed E-state index contributed by atoms with van der Waals surface area (Å²) in [6.45, 7) is 14.6. The van der Waals surface area contributed by atoms with Crippen LogP contribution < -0.4 is 9.47 Å². The highest BCUT2D eigenvalue weighted by atomic mass is 16.6. The van der Waals surface area contributed by atoms with Crippen molar-refractivity contribution in [1.29, 1.82) is 0 Å². The Morgan fingerprint density at radius 1 is 0.392 bits per heavy atom. The van der Waals surface area contributed by atoms with Crippen molar-refractivity contribution in [2.75, 3.05) is 0 Å². The first-order valence-electron chi connectivity index (χ1n) is 25.3. The highest BCUT2D eigenvalue weighted by molar-refractivity contribution is 5.89. The normalized spacial score (nSPS) is 12.8. The quantitative estimate of drug-likeness (QED) is 0.0378. The standard InChI is InChI=1S/C59H71N3O12/c1-40(2)31-49(54(63)69-36-44-21-13-9-14-22-44)61(50(32-41(3)4)55(64)70-37-45-23-15-10-16-24-45)58(67)73-48-29-30-60-53(35-48)74-59(68)62(51(33-42(5)6)56(65)71-38-46-25-17-11-18-26-46)52(34-43(7)8)57(66)72-39-47-27-19-12-20-28-47/h9-30,35,40-43,49-52H,31-34,36-39H2,1-8H3. The van der Waals surface area contributed by atoms with E-state index in [1.54, 1.807) is 48.5 Å². The van der Waals surface area contributed by atoms with Gasteiger partial charge < -0.3 is 28.4 Å². The minimum absolute atomic E-state index is 0.0842. The molecule has 0 aliphatic rings. The Labute approximate surface area is 435 Å². The molecule has 394 valence electrons. The molecule has 4 atom stereocenters. The average Bonchev–Trinajstić information content (AvgIpc) is 3.38. The van der Waals surface area contributed by atoms with Gasteiger partial charge in [-0.05, 0) is 77.7 Å². The lowest BCUT2D eigenvalue weighted by molar-refractivity contribution is -0.160. The second kappa shape index (κ2) is 29.2. The van der Waals surface area contributed by atoms with E-state index in [4.69, 9.17) is 28.4 Å². The van der Waals surface area contributed by atoms with E-state index in [0.717, 1.165) is 20.9 Å². The lowest BCUT2D eigenvalue weighted by atomic mass is 9.97. The number of ether oxygens (including phenoxy) is 6. The van der Waals surface area contributed by atoms with Crippen LogP contribution in [0, 0.1) is 23.7 Å². The smallest absolute Gasteiger partial charge is 0.418 e. The van der Waals surface area contributed by atoms with Gasteiger partial charge in [-0.25, -0.2) is 33.8 Å². The van der Waals surface area contributed by atoms with Crippen LogP contribution in [-0.4, -0.2) is 75.0 Å². The first-order chi connectivity index (χ1) is 35.5. The summed E-state index contributed by atoms with van der Waals surface area (Å²) >= 11 is 0. The molecule has 0 aliphatic heterocycles. The molecule has 5 aromatic rings. The Morgan fingerprint density at radius 2 is 0.662 bits per heavy atom. The van der Waals surface area contributed by atoms with E-state index in [1.807, 2.05) is 128 Å². The van der Waals surface area contributed by atoms with Gasteiger partial charge in [0.2, 0.25) is 5.88 Å². The number of hydrogen-bond acceptors (Lipinski definition) is 13. The minimum atomic E-state index is -1.33. The molecule has 74 heavy (non-hydrogen) atoms. The van der Waals surface area contributed by atoms with Gasteiger partial charge in [0.1, 0.15) is 56.3 Å². The second-order valence-corrected chi connectivity index (χ2v) is 19.8. The molecule has 0 fully saturated rings. The summed E-state index contributed by atoms with van der Waals surface area (Å²) < 4.78 is 35.3. The third kappa shape index (κ3) is 18.5. The Kier molecular flexibility index (Phi) is 22.7.